The Balaban J connectivity index is 2.13. The molecule has 102 valence electrons. The third kappa shape index (κ3) is 1.95. The van der Waals surface area contributed by atoms with Crippen LogP contribution >= 0.6 is 0 Å². The highest BCUT2D eigenvalue weighted by Crippen LogP contribution is 2.37. The van der Waals surface area contributed by atoms with E-state index in [4.69, 9.17) is 0 Å². The molecule has 1 heterocycles. The molecular formula is C15H10F3NO. The molecule has 0 unspecified atom stereocenters. The van der Waals surface area contributed by atoms with Crippen LogP contribution in [0.4, 0.5) is 24.5 Å². The fraction of sp³-hybridized carbons (Fsp3) is 0.133. The number of fused-ring (bicyclic) bond motifs is 1. The number of aldehydes is 1. The van der Waals surface area contributed by atoms with E-state index in [0.29, 0.717) is 24.9 Å². The molecule has 0 spiro atoms. The Morgan fingerprint density at radius 1 is 1.05 bits per heavy atom. The molecule has 0 N–H and O–H groups in total. The van der Waals surface area contributed by atoms with Gasteiger partial charge in [0.05, 0.1) is 0 Å². The van der Waals surface area contributed by atoms with Gasteiger partial charge < -0.3 is 4.90 Å². The van der Waals surface area contributed by atoms with Crippen LogP contribution in [0.3, 0.4) is 0 Å². The summed E-state index contributed by atoms with van der Waals surface area (Å²) in [5, 5.41) is 0. The van der Waals surface area contributed by atoms with Gasteiger partial charge in [0, 0.05) is 17.8 Å². The molecule has 0 amide bonds. The molecule has 1 aliphatic heterocycles. The van der Waals surface area contributed by atoms with Crippen molar-refractivity contribution in [3.8, 4) is 0 Å². The molecule has 3 rings (SSSR count). The maximum Gasteiger partial charge on any atom is 0.150 e. The number of carbonyl (C=O) groups excluding carboxylic acids is 1. The number of halogens is 3. The lowest BCUT2D eigenvalue weighted by atomic mass is 10.1. The van der Waals surface area contributed by atoms with Crippen LogP contribution in [0.15, 0.2) is 30.3 Å². The van der Waals surface area contributed by atoms with Gasteiger partial charge in [-0.25, -0.2) is 13.2 Å². The molecule has 0 radical (unpaired) electrons. The molecule has 20 heavy (non-hydrogen) atoms. The van der Waals surface area contributed by atoms with E-state index in [1.54, 1.807) is 6.07 Å². The lowest BCUT2D eigenvalue weighted by Gasteiger charge is -2.21. The third-order valence-electron chi connectivity index (χ3n) is 3.39. The molecule has 0 saturated heterocycles. The van der Waals surface area contributed by atoms with Gasteiger partial charge >= 0.3 is 0 Å². The fourth-order valence-corrected chi connectivity index (χ4v) is 2.50. The Bertz CT molecular complexity index is 677. The first-order valence-corrected chi connectivity index (χ1v) is 6.10. The predicted octanol–water partition coefficient (Wildman–Crippen LogP) is 3.61. The van der Waals surface area contributed by atoms with E-state index >= 15 is 0 Å². The molecule has 0 aliphatic carbocycles. The van der Waals surface area contributed by atoms with Gasteiger partial charge in [-0.15, -0.1) is 0 Å². The van der Waals surface area contributed by atoms with Gasteiger partial charge in [-0.1, -0.05) is 6.07 Å². The largest absolute Gasteiger partial charge is 0.336 e. The zero-order chi connectivity index (χ0) is 14.3. The van der Waals surface area contributed by atoms with E-state index in [2.05, 4.69) is 0 Å². The number of rotatable bonds is 2. The van der Waals surface area contributed by atoms with E-state index in [1.165, 1.54) is 17.0 Å². The smallest absolute Gasteiger partial charge is 0.150 e. The van der Waals surface area contributed by atoms with Crippen LogP contribution in [-0.4, -0.2) is 12.8 Å². The summed E-state index contributed by atoms with van der Waals surface area (Å²) in [6, 6.07) is 6.14. The Morgan fingerprint density at radius 3 is 2.40 bits per heavy atom. The molecule has 0 saturated carbocycles. The fourth-order valence-electron chi connectivity index (χ4n) is 2.50. The van der Waals surface area contributed by atoms with Crippen LogP contribution in [0, 0.1) is 17.5 Å². The van der Waals surface area contributed by atoms with E-state index < -0.39 is 17.5 Å². The number of hydrogen-bond donors (Lipinski definition) is 0. The molecule has 2 aromatic rings. The molecular weight excluding hydrogens is 267 g/mol. The summed E-state index contributed by atoms with van der Waals surface area (Å²) in [7, 11) is 0. The average molecular weight is 277 g/mol. The Kier molecular flexibility index (Phi) is 2.97. The normalized spacial score (nSPS) is 13.4. The molecule has 1 aliphatic rings. The van der Waals surface area contributed by atoms with Crippen molar-refractivity contribution < 1.29 is 18.0 Å². The predicted molar refractivity (Wildman–Crippen MR) is 68.9 cm³/mol. The second-order valence-electron chi connectivity index (χ2n) is 4.63. The van der Waals surface area contributed by atoms with Crippen molar-refractivity contribution in [1.29, 1.82) is 0 Å². The average Bonchev–Trinajstić information content (AvgIpc) is 2.81. The third-order valence-corrected chi connectivity index (χ3v) is 3.39. The SMILES string of the molecule is O=Cc1cc(F)c(N2CCc3ccc(F)cc32)c(F)c1. The second-order valence-corrected chi connectivity index (χ2v) is 4.63. The maximum atomic E-state index is 14.0. The van der Waals surface area contributed by atoms with E-state index in [1.807, 2.05) is 0 Å². The van der Waals surface area contributed by atoms with Gasteiger partial charge in [0.1, 0.15) is 17.8 Å². The highest BCUT2D eigenvalue weighted by atomic mass is 19.1. The summed E-state index contributed by atoms with van der Waals surface area (Å²) in [5.74, 6) is -2.12. The second kappa shape index (κ2) is 4.67. The number of anilines is 2. The Morgan fingerprint density at radius 2 is 1.75 bits per heavy atom. The first-order valence-electron chi connectivity index (χ1n) is 6.10. The Labute approximate surface area is 113 Å². The van der Waals surface area contributed by atoms with Crippen molar-refractivity contribution >= 4 is 17.7 Å². The highest BCUT2D eigenvalue weighted by Gasteiger charge is 2.26. The number of nitrogens with zero attached hydrogens (tertiary/aromatic N) is 1. The van der Waals surface area contributed by atoms with Crippen molar-refractivity contribution in [2.75, 3.05) is 11.4 Å². The van der Waals surface area contributed by atoms with Gasteiger partial charge in [0.25, 0.3) is 0 Å². The van der Waals surface area contributed by atoms with Gasteiger partial charge in [-0.05, 0) is 36.2 Å². The monoisotopic (exact) mass is 277 g/mol. The van der Waals surface area contributed by atoms with Crippen molar-refractivity contribution in [1.82, 2.24) is 0 Å². The van der Waals surface area contributed by atoms with Gasteiger partial charge in [0.2, 0.25) is 0 Å². The topological polar surface area (TPSA) is 20.3 Å². The van der Waals surface area contributed by atoms with Crippen molar-refractivity contribution in [3.63, 3.8) is 0 Å². The van der Waals surface area contributed by atoms with E-state index in [-0.39, 0.29) is 11.3 Å². The molecule has 0 bridgehead atoms. The molecule has 5 heteroatoms. The lowest BCUT2D eigenvalue weighted by Crippen LogP contribution is -2.17. The molecule has 0 atom stereocenters. The number of hydrogen-bond acceptors (Lipinski definition) is 2. The summed E-state index contributed by atoms with van der Waals surface area (Å²) < 4.78 is 41.3. The summed E-state index contributed by atoms with van der Waals surface area (Å²) in [4.78, 5) is 12.0. The highest BCUT2D eigenvalue weighted by molar-refractivity contribution is 5.78. The minimum Gasteiger partial charge on any atom is -0.336 e. The number of carbonyl (C=O) groups is 1. The van der Waals surface area contributed by atoms with Crippen LogP contribution in [0.2, 0.25) is 0 Å². The first-order chi connectivity index (χ1) is 9.60. The maximum absolute atomic E-state index is 14.0. The zero-order valence-corrected chi connectivity index (χ0v) is 10.4. The van der Waals surface area contributed by atoms with E-state index in [9.17, 15) is 18.0 Å². The number of benzene rings is 2. The Hall–Kier alpha value is -2.30. The molecule has 2 aromatic carbocycles. The van der Waals surface area contributed by atoms with Crippen LogP contribution in [-0.2, 0) is 6.42 Å². The summed E-state index contributed by atoms with van der Waals surface area (Å²) in [5.41, 5.74) is 0.980. The minimum atomic E-state index is -0.829. The molecule has 2 nitrogen and oxygen atoms in total. The van der Waals surface area contributed by atoms with Crippen LogP contribution in [0.1, 0.15) is 15.9 Å². The van der Waals surface area contributed by atoms with Crippen LogP contribution in [0.5, 0.6) is 0 Å². The standard InChI is InChI=1S/C15H10F3NO/c16-11-2-1-10-3-4-19(14(10)7-11)15-12(17)5-9(8-20)6-13(15)18/h1-2,5-8H,3-4H2. The first kappa shape index (κ1) is 12.7. The molecule has 0 fully saturated rings. The van der Waals surface area contributed by atoms with Crippen LogP contribution < -0.4 is 4.90 Å². The van der Waals surface area contributed by atoms with Crippen molar-refractivity contribution in [2.24, 2.45) is 0 Å². The zero-order valence-electron chi connectivity index (χ0n) is 10.4. The van der Waals surface area contributed by atoms with Crippen LogP contribution in [0.25, 0.3) is 0 Å². The molecule has 0 aromatic heterocycles. The van der Waals surface area contributed by atoms with E-state index in [0.717, 1.165) is 17.7 Å². The summed E-state index contributed by atoms with van der Waals surface area (Å²) >= 11 is 0. The van der Waals surface area contributed by atoms with Gasteiger partial charge in [-0.3, -0.25) is 4.79 Å². The quantitative estimate of drug-likeness (QED) is 0.781. The summed E-state index contributed by atoms with van der Waals surface area (Å²) in [6.45, 7) is 0.368. The minimum absolute atomic E-state index is 0.0672. The van der Waals surface area contributed by atoms with Crippen molar-refractivity contribution in [3.05, 3.63) is 58.9 Å². The van der Waals surface area contributed by atoms with Gasteiger partial charge in [0.15, 0.2) is 11.6 Å². The van der Waals surface area contributed by atoms with Gasteiger partial charge in [-0.2, -0.15) is 0 Å². The summed E-state index contributed by atoms with van der Waals surface area (Å²) in [6.07, 6.45) is 0.970. The lowest BCUT2D eigenvalue weighted by molar-refractivity contribution is 0.112. The van der Waals surface area contributed by atoms with Crippen molar-refractivity contribution in [2.45, 2.75) is 6.42 Å².